The van der Waals surface area contributed by atoms with Gasteiger partial charge in [0.25, 0.3) is 0 Å². The van der Waals surface area contributed by atoms with Gasteiger partial charge in [-0.05, 0) is 114 Å². The molecule has 51 heavy (non-hydrogen) atoms. The molecule has 0 bridgehead atoms. The molecule has 0 aliphatic heterocycles. The molecule has 3 nitrogen and oxygen atoms in total. The van der Waals surface area contributed by atoms with Gasteiger partial charge in [0.1, 0.15) is 0 Å². The van der Waals surface area contributed by atoms with Crippen molar-refractivity contribution in [1.29, 1.82) is 0 Å². The van der Waals surface area contributed by atoms with Crippen LogP contribution in [0.4, 0.5) is 17.1 Å². The van der Waals surface area contributed by atoms with E-state index in [1.807, 2.05) is 36.8 Å². The van der Waals surface area contributed by atoms with Crippen LogP contribution in [0.15, 0.2) is 189 Å². The van der Waals surface area contributed by atoms with Gasteiger partial charge >= 0.3 is 0 Å². The Balaban J connectivity index is 1.19. The molecule has 0 amide bonds. The minimum atomic E-state index is 0.996. The van der Waals surface area contributed by atoms with Gasteiger partial charge < -0.3 is 4.90 Å². The molecule has 7 aromatic carbocycles. The number of hydrogen-bond donors (Lipinski definition) is 0. The predicted molar refractivity (Wildman–Crippen MR) is 212 cm³/mol. The summed E-state index contributed by atoms with van der Waals surface area (Å²) in [5.41, 5.74) is 15.8. The summed E-state index contributed by atoms with van der Waals surface area (Å²) in [6.07, 6.45) is 7.35. The minimum Gasteiger partial charge on any atom is -0.309 e. The largest absolute Gasteiger partial charge is 0.309 e. The maximum Gasteiger partial charge on any atom is 0.0644 e. The molecular formula is C48H31N3. The lowest BCUT2D eigenvalue weighted by Crippen LogP contribution is -2.10. The number of hydrogen-bond acceptors (Lipinski definition) is 3. The standard InChI is InChI=1S/C48H31N3/c1-3-11-33(12-4-1)44-40-16-7-8-17-41(40)45(34-13-5-2-6-14-34)48-43-25-24-38(39-18-9-19-42(46(39)43)47(44)48)32-20-22-35(23-21-32)51(36-26-29-49-30-27-36)37-15-10-28-50-31-37/h1-31H. The summed E-state index contributed by atoms with van der Waals surface area (Å²) < 4.78 is 0. The molecule has 9 aromatic rings. The monoisotopic (exact) mass is 649 g/mol. The van der Waals surface area contributed by atoms with Gasteiger partial charge in [-0.2, -0.15) is 0 Å². The molecule has 3 heteroatoms. The van der Waals surface area contributed by atoms with Crippen molar-refractivity contribution in [2.24, 2.45) is 0 Å². The summed E-state index contributed by atoms with van der Waals surface area (Å²) in [5, 5.41) is 5.12. The molecule has 0 fully saturated rings. The van der Waals surface area contributed by atoms with Gasteiger partial charge in [-0.25, -0.2) is 0 Å². The van der Waals surface area contributed by atoms with Gasteiger partial charge in [-0.3, -0.25) is 9.97 Å². The van der Waals surface area contributed by atoms with Crippen molar-refractivity contribution in [2.75, 3.05) is 4.90 Å². The van der Waals surface area contributed by atoms with Crippen LogP contribution in [-0.4, -0.2) is 9.97 Å². The molecule has 1 aliphatic carbocycles. The van der Waals surface area contributed by atoms with Crippen LogP contribution in [-0.2, 0) is 0 Å². The van der Waals surface area contributed by atoms with Crippen LogP contribution >= 0.6 is 0 Å². The van der Waals surface area contributed by atoms with Gasteiger partial charge in [0.05, 0.1) is 11.9 Å². The average Bonchev–Trinajstić information content (AvgIpc) is 3.54. The maximum atomic E-state index is 4.41. The summed E-state index contributed by atoms with van der Waals surface area (Å²) in [5.74, 6) is 0. The highest BCUT2D eigenvalue weighted by atomic mass is 15.1. The molecule has 0 N–H and O–H groups in total. The second-order valence-electron chi connectivity index (χ2n) is 13.0. The fourth-order valence-corrected chi connectivity index (χ4v) is 8.08. The SMILES string of the molecule is c1ccc(-c2c3c(c(-c4ccccc4)c4ccccc24)-c2ccc(-c4ccc(N(c5ccncc5)c5cccnc5)cc4)c4cccc-3c24)cc1. The number of aromatic nitrogens is 2. The molecular weight excluding hydrogens is 619 g/mol. The summed E-state index contributed by atoms with van der Waals surface area (Å²) >= 11 is 0. The van der Waals surface area contributed by atoms with Crippen molar-refractivity contribution < 1.29 is 0 Å². The van der Waals surface area contributed by atoms with Gasteiger partial charge in [0.15, 0.2) is 0 Å². The Bertz CT molecular complexity index is 2580. The number of fused-ring (bicyclic) bond motifs is 4. The molecule has 1 aliphatic rings. The Morgan fingerprint density at radius 1 is 0.314 bits per heavy atom. The fraction of sp³-hybridized carbons (Fsp3) is 0. The van der Waals surface area contributed by atoms with Crippen LogP contribution in [0.1, 0.15) is 0 Å². The van der Waals surface area contributed by atoms with E-state index in [2.05, 4.69) is 160 Å². The summed E-state index contributed by atoms with van der Waals surface area (Å²) in [7, 11) is 0. The predicted octanol–water partition coefficient (Wildman–Crippen LogP) is 12.9. The van der Waals surface area contributed by atoms with Crippen LogP contribution < -0.4 is 4.90 Å². The second-order valence-corrected chi connectivity index (χ2v) is 13.0. The van der Waals surface area contributed by atoms with Crippen molar-refractivity contribution in [3.8, 4) is 55.6 Å². The van der Waals surface area contributed by atoms with Crippen LogP contribution in [0.3, 0.4) is 0 Å². The quantitative estimate of drug-likeness (QED) is 0.179. The zero-order valence-electron chi connectivity index (χ0n) is 27.7. The first kappa shape index (κ1) is 29.1. The number of anilines is 3. The molecule has 0 spiro atoms. The number of nitrogens with zero attached hydrogens (tertiary/aromatic N) is 3. The van der Waals surface area contributed by atoms with E-state index < -0.39 is 0 Å². The molecule has 0 saturated heterocycles. The molecule has 0 saturated carbocycles. The van der Waals surface area contributed by atoms with Crippen LogP contribution in [0, 0.1) is 0 Å². The highest BCUT2D eigenvalue weighted by molar-refractivity contribution is 6.28. The summed E-state index contributed by atoms with van der Waals surface area (Å²) in [4.78, 5) is 10.9. The molecule has 0 atom stereocenters. The van der Waals surface area contributed by atoms with E-state index in [9.17, 15) is 0 Å². The van der Waals surface area contributed by atoms with Crippen molar-refractivity contribution >= 4 is 38.6 Å². The Kier molecular flexibility index (Phi) is 6.81. The van der Waals surface area contributed by atoms with Gasteiger partial charge in [0, 0.05) is 30.0 Å². The molecule has 2 heterocycles. The molecule has 238 valence electrons. The molecule has 0 radical (unpaired) electrons. The lowest BCUT2D eigenvalue weighted by molar-refractivity contribution is 1.21. The first-order valence-corrected chi connectivity index (χ1v) is 17.3. The van der Waals surface area contributed by atoms with E-state index in [0.717, 1.165) is 17.1 Å². The maximum absolute atomic E-state index is 4.41. The lowest BCUT2D eigenvalue weighted by Gasteiger charge is -2.25. The smallest absolute Gasteiger partial charge is 0.0644 e. The first-order valence-electron chi connectivity index (χ1n) is 17.3. The Morgan fingerprint density at radius 2 is 0.882 bits per heavy atom. The topological polar surface area (TPSA) is 29.0 Å². The van der Waals surface area contributed by atoms with Crippen molar-refractivity contribution in [3.05, 3.63) is 189 Å². The van der Waals surface area contributed by atoms with E-state index in [-0.39, 0.29) is 0 Å². The highest BCUT2D eigenvalue weighted by Gasteiger charge is 2.31. The van der Waals surface area contributed by atoms with E-state index in [1.54, 1.807) is 6.20 Å². The average molecular weight is 650 g/mol. The number of pyridine rings is 2. The molecule has 0 unspecified atom stereocenters. The van der Waals surface area contributed by atoms with Crippen molar-refractivity contribution in [1.82, 2.24) is 9.97 Å². The van der Waals surface area contributed by atoms with Crippen molar-refractivity contribution in [2.45, 2.75) is 0 Å². The number of benzene rings is 7. The van der Waals surface area contributed by atoms with E-state index in [4.69, 9.17) is 0 Å². The minimum absolute atomic E-state index is 0.996. The normalized spacial score (nSPS) is 11.5. The van der Waals surface area contributed by atoms with Gasteiger partial charge in [-0.1, -0.05) is 127 Å². The van der Waals surface area contributed by atoms with Crippen LogP contribution in [0.2, 0.25) is 0 Å². The second kappa shape index (κ2) is 11.9. The van der Waals surface area contributed by atoms with E-state index in [0.29, 0.717) is 0 Å². The summed E-state index contributed by atoms with van der Waals surface area (Å²) in [6, 6.07) is 59.2. The number of rotatable bonds is 6. The van der Waals surface area contributed by atoms with Gasteiger partial charge in [0.2, 0.25) is 0 Å². The summed E-state index contributed by atoms with van der Waals surface area (Å²) in [6.45, 7) is 0. The van der Waals surface area contributed by atoms with Crippen LogP contribution in [0.25, 0.3) is 77.2 Å². The molecule has 2 aromatic heterocycles. The highest BCUT2D eigenvalue weighted by Crippen LogP contribution is 2.58. The van der Waals surface area contributed by atoms with Crippen LogP contribution in [0.5, 0.6) is 0 Å². The fourth-order valence-electron chi connectivity index (χ4n) is 8.08. The Morgan fingerprint density at radius 3 is 1.51 bits per heavy atom. The Hall–Kier alpha value is -6.84. The van der Waals surface area contributed by atoms with E-state index >= 15 is 0 Å². The van der Waals surface area contributed by atoms with E-state index in [1.165, 1.54) is 77.2 Å². The third-order valence-corrected chi connectivity index (χ3v) is 10.2. The zero-order valence-corrected chi connectivity index (χ0v) is 27.7. The Labute approximate surface area is 296 Å². The first-order chi connectivity index (χ1) is 25.3. The molecule has 10 rings (SSSR count). The third kappa shape index (κ3) is 4.67. The van der Waals surface area contributed by atoms with Gasteiger partial charge in [-0.15, -0.1) is 0 Å². The lowest BCUT2D eigenvalue weighted by atomic mass is 9.82. The zero-order chi connectivity index (χ0) is 33.7. The third-order valence-electron chi connectivity index (χ3n) is 10.2. The van der Waals surface area contributed by atoms with Crippen molar-refractivity contribution in [3.63, 3.8) is 0 Å².